The minimum atomic E-state index is -1.40. The zero-order valence-corrected chi connectivity index (χ0v) is 12.6. The first-order valence-corrected chi connectivity index (χ1v) is 6.41. The van der Waals surface area contributed by atoms with Gasteiger partial charge in [0.25, 0.3) is 5.91 Å². The molecule has 0 aliphatic heterocycles. The van der Waals surface area contributed by atoms with Gasteiger partial charge in [-0.15, -0.1) is 0 Å². The molecule has 20 heavy (non-hydrogen) atoms. The smallest absolute Gasteiger partial charge is 0.348 e. The Hall–Kier alpha value is -1.27. The molecule has 0 saturated heterocycles. The Balaban J connectivity index is 2.75. The standard InChI is InChI=1S/C11H6Cl4N2O3/c12-6-2-1-5(3-7(6)13)10(18)17-16-4-8(14)9(15)11(19)20/h1-4H,(H,17,18)(H,19,20). The van der Waals surface area contributed by atoms with Crippen LogP contribution in [0.3, 0.4) is 0 Å². The minimum absolute atomic E-state index is 0.218. The lowest BCUT2D eigenvalue weighted by atomic mass is 10.2. The lowest BCUT2D eigenvalue weighted by molar-refractivity contribution is -0.131. The molecule has 0 heterocycles. The summed E-state index contributed by atoms with van der Waals surface area (Å²) in [5.41, 5.74) is 2.35. The van der Waals surface area contributed by atoms with Crippen molar-refractivity contribution in [1.82, 2.24) is 5.43 Å². The summed E-state index contributed by atoms with van der Waals surface area (Å²) in [7, 11) is 0. The normalized spacial score (nSPS) is 12.2. The molecule has 0 aliphatic rings. The zero-order valence-electron chi connectivity index (χ0n) is 9.53. The third-order valence-corrected chi connectivity index (χ3v) is 3.41. The van der Waals surface area contributed by atoms with E-state index in [4.69, 9.17) is 51.5 Å². The zero-order chi connectivity index (χ0) is 15.3. The number of rotatable bonds is 4. The molecule has 106 valence electrons. The second-order valence-electron chi connectivity index (χ2n) is 3.30. The van der Waals surface area contributed by atoms with Crippen LogP contribution in [-0.4, -0.2) is 23.2 Å². The van der Waals surface area contributed by atoms with Gasteiger partial charge in [0.05, 0.1) is 21.3 Å². The van der Waals surface area contributed by atoms with Crippen molar-refractivity contribution in [3.63, 3.8) is 0 Å². The quantitative estimate of drug-likeness (QED) is 0.493. The van der Waals surface area contributed by atoms with Gasteiger partial charge in [0.1, 0.15) is 5.03 Å². The first-order valence-electron chi connectivity index (χ1n) is 4.90. The number of halogens is 4. The number of aliphatic carboxylic acids is 1. The van der Waals surface area contributed by atoms with Crippen LogP contribution < -0.4 is 5.43 Å². The molecule has 0 saturated carbocycles. The van der Waals surface area contributed by atoms with E-state index in [1.807, 2.05) is 0 Å². The highest BCUT2D eigenvalue weighted by Gasteiger charge is 2.09. The maximum Gasteiger partial charge on any atom is 0.348 e. The molecule has 5 nitrogen and oxygen atoms in total. The van der Waals surface area contributed by atoms with Gasteiger partial charge in [-0.05, 0) is 18.2 Å². The van der Waals surface area contributed by atoms with Crippen molar-refractivity contribution in [2.24, 2.45) is 5.10 Å². The van der Waals surface area contributed by atoms with Gasteiger partial charge >= 0.3 is 5.97 Å². The number of carboxylic acids is 1. The molecule has 0 aliphatic carbocycles. The SMILES string of the molecule is O=C(O)C(Cl)=C(Cl)C=NNC(=O)c1ccc(Cl)c(Cl)c1. The number of hydrogen-bond acceptors (Lipinski definition) is 3. The molecular formula is C11H6Cl4N2O3. The predicted molar refractivity (Wildman–Crippen MR) is 78.8 cm³/mol. The number of amides is 1. The Labute approximate surface area is 133 Å². The van der Waals surface area contributed by atoms with E-state index in [0.29, 0.717) is 5.02 Å². The van der Waals surface area contributed by atoms with Gasteiger partial charge in [-0.2, -0.15) is 5.10 Å². The van der Waals surface area contributed by atoms with Crippen molar-refractivity contribution in [1.29, 1.82) is 0 Å². The number of carbonyl (C=O) groups is 2. The molecule has 0 bridgehead atoms. The number of hydrogen-bond donors (Lipinski definition) is 2. The second-order valence-corrected chi connectivity index (χ2v) is 4.89. The van der Waals surface area contributed by atoms with Gasteiger partial charge in [0.2, 0.25) is 0 Å². The Morgan fingerprint density at radius 3 is 2.40 bits per heavy atom. The number of nitrogens with zero attached hydrogens (tertiary/aromatic N) is 1. The van der Waals surface area contributed by atoms with Crippen molar-refractivity contribution in [3.8, 4) is 0 Å². The van der Waals surface area contributed by atoms with Crippen LogP contribution in [-0.2, 0) is 4.79 Å². The monoisotopic (exact) mass is 354 g/mol. The molecule has 1 amide bonds. The van der Waals surface area contributed by atoms with E-state index in [0.717, 1.165) is 6.21 Å². The van der Waals surface area contributed by atoms with Gasteiger partial charge in [0.15, 0.2) is 0 Å². The summed E-state index contributed by atoms with van der Waals surface area (Å²) in [5.74, 6) is -1.98. The molecule has 9 heteroatoms. The van der Waals surface area contributed by atoms with Crippen LogP contribution in [0, 0.1) is 0 Å². The van der Waals surface area contributed by atoms with Gasteiger partial charge in [-0.3, -0.25) is 4.79 Å². The number of allylic oxidation sites excluding steroid dienone is 1. The van der Waals surface area contributed by atoms with Crippen LogP contribution in [0.2, 0.25) is 10.0 Å². The van der Waals surface area contributed by atoms with Gasteiger partial charge in [0, 0.05) is 5.56 Å². The third kappa shape index (κ3) is 4.68. The number of carboxylic acid groups (broad SMARTS) is 1. The van der Waals surface area contributed by atoms with Gasteiger partial charge in [-0.25, -0.2) is 10.2 Å². The Bertz CT molecular complexity index is 614. The highest BCUT2D eigenvalue weighted by atomic mass is 35.5. The summed E-state index contributed by atoms with van der Waals surface area (Å²) in [6.45, 7) is 0. The summed E-state index contributed by atoms with van der Waals surface area (Å²) in [4.78, 5) is 22.1. The molecule has 0 radical (unpaired) electrons. The van der Waals surface area contributed by atoms with Gasteiger partial charge in [-0.1, -0.05) is 46.4 Å². The first kappa shape index (κ1) is 16.8. The molecule has 1 aromatic rings. The summed E-state index contributed by atoms with van der Waals surface area (Å²) in [6, 6.07) is 4.26. The Morgan fingerprint density at radius 2 is 1.85 bits per heavy atom. The third-order valence-electron chi connectivity index (χ3n) is 1.92. The number of nitrogens with one attached hydrogen (secondary N) is 1. The van der Waals surface area contributed by atoms with E-state index in [-0.39, 0.29) is 15.6 Å². The molecular weight excluding hydrogens is 350 g/mol. The molecule has 1 aromatic carbocycles. The number of hydrazone groups is 1. The van der Waals surface area contributed by atoms with Gasteiger partial charge < -0.3 is 5.11 Å². The molecule has 0 fully saturated rings. The fourth-order valence-electron chi connectivity index (χ4n) is 1.01. The van der Waals surface area contributed by atoms with E-state index < -0.39 is 16.9 Å². The maximum absolute atomic E-state index is 11.7. The lowest BCUT2D eigenvalue weighted by Gasteiger charge is -2.01. The molecule has 0 atom stereocenters. The molecule has 0 unspecified atom stereocenters. The predicted octanol–water partition coefficient (Wildman–Crippen LogP) is 3.48. The second kappa shape index (κ2) is 7.50. The van der Waals surface area contributed by atoms with Crippen molar-refractivity contribution in [2.45, 2.75) is 0 Å². The van der Waals surface area contributed by atoms with Crippen molar-refractivity contribution >= 4 is 64.5 Å². The molecule has 2 N–H and O–H groups in total. The largest absolute Gasteiger partial charge is 0.477 e. The highest BCUT2D eigenvalue weighted by Crippen LogP contribution is 2.22. The van der Waals surface area contributed by atoms with Crippen LogP contribution in [0.25, 0.3) is 0 Å². The van der Waals surface area contributed by atoms with E-state index in [1.165, 1.54) is 18.2 Å². The average Bonchev–Trinajstić information content (AvgIpc) is 2.40. The summed E-state index contributed by atoms with van der Waals surface area (Å²) in [5, 5.41) is 11.6. The van der Waals surface area contributed by atoms with Crippen molar-refractivity contribution < 1.29 is 14.7 Å². The average molecular weight is 356 g/mol. The first-order chi connectivity index (χ1) is 9.32. The van der Waals surface area contributed by atoms with Crippen molar-refractivity contribution in [3.05, 3.63) is 43.9 Å². The maximum atomic E-state index is 11.7. The topological polar surface area (TPSA) is 78.8 Å². The van der Waals surface area contributed by atoms with Crippen LogP contribution in [0.5, 0.6) is 0 Å². The minimum Gasteiger partial charge on any atom is -0.477 e. The Kier molecular flexibility index (Phi) is 6.29. The summed E-state index contributed by atoms with van der Waals surface area (Å²) < 4.78 is 0. The van der Waals surface area contributed by atoms with E-state index in [2.05, 4.69) is 10.5 Å². The number of benzene rings is 1. The highest BCUT2D eigenvalue weighted by molar-refractivity contribution is 6.51. The fraction of sp³-hybridized carbons (Fsp3) is 0. The lowest BCUT2D eigenvalue weighted by Crippen LogP contribution is -2.17. The van der Waals surface area contributed by atoms with Crippen LogP contribution >= 0.6 is 46.4 Å². The van der Waals surface area contributed by atoms with E-state index >= 15 is 0 Å². The summed E-state index contributed by atoms with van der Waals surface area (Å²) in [6.07, 6.45) is 0.896. The van der Waals surface area contributed by atoms with Crippen LogP contribution in [0.1, 0.15) is 10.4 Å². The fourth-order valence-corrected chi connectivity index (χ4v) is 1.48. The number of carbonyl (C=O) groups excluding carboxylic acids is 1. The van der Waals surface area contributed by atoms with Crippen LogP contribution in [0.4, 0.5) is 0 Å². The van der Waals surface area contributed by atoms with E-state index in [1.54, 1.807) is 0 Å². The Morgan fingerprint density at radius 1 is 1.20 bits per heavy atom. The molecule has 1 rings (SSSR count). The molecule has 0 aromatic heterocycles. The van der Waals surface area contributed by atoms with E-state index in [9.17, 15) is 9.59 Å². The molecule has 0 spiro atoms. The van der Waals surface area contributed by atoms with Crippen molar-refractivity contribution in [2.75, 3.05) is 0 Å². The van der Waals surface area contributed by atoms with Crippen LogP contribution in [0.15, 0.2) is 33.4 Å². The summed E-state index contributed by atoms with van der Waals surface area (Å²) >= 11 is 22.3.